The Labute approximate surface area is 154 Å². The molecule has 6 nitrogen and oxygen atoms in total. The maximum absolute atomic E-state index is 12.4. The van der Waals surface area contributed by atoms with Crippen molar-refractivity contribution >= 4 is 27.6 Å². The number of halogens is 1. The van der Waals surface area contributed by atoms with E-state index in [1.54, 1.807) is 19.2 Å². The van der Waals surface area contributed by atoms with Crippen LogP contribution in [-0.2, 0) is 6.42 Å². The van der Waals surface area contributed by atoms with Crippen LogP contribution in [0.3, 0.4) is 0 Å². The van der Waals surface area contributed by atoms with Crippen molar-refractivity contribution in [1.29, 1.82) is 0 Å². The van der Waals surface area contributed by atoms with Gasteiger partial charge >= 0.3 is 6.03 Å². The van der Waals surface area contributed by atoms with Gasteiger partial charge in [0.2, 0.25) is 0 Å². The Morgan fingerprint density at radius 2 is 1.88 bits per heavy atom. The van der Waals surface area contributed by atoms with Gasteiger partial charge in [-0.1, -0.05) is 24.3 Å². The number of nitrogens with one attached hydrogen (secondary N) is 2. The van der Waals surface area contributed by atoms with Gasteiger partial charge in [-0.3, -0.25) is 0 Å². The van der Waals surface area contributed by atoms with Crippen molar-refractivity contribution in [3.8, 4) is 11.5 Å². The topological polar surface area (TPSA) is 79.8 Å². The Morgan fingerprint density at radius 3 is 2.60 bits per heavy atom. The monoisotopic (exact) mass is 406 g/mol. The second kappa shape index (κ2) is 7.33. The molecule has 0 heterocycles. The van der Waals surface area contributed by atoms with E-state index in [9.17, 15) is 9.90 Å². The summed E-state index contributed by atoms with van der Waals surface area (Å²) in [4.78, 5) is 12.4. The number of anilines is 1. The van der Waals surface area contributed by atoms with E-state index in [4.69, 9.17) is 9.47 Å². The second-order valence-electron chi connectivity index (χ2n) is 5.73. The molecule has 1 aliphatic carbocycles. The first-order valence-electron chi connectivity index (χ1n) is 7.78. The zero-order valence-corrected chi connectivity index (χ0v) is 15.5. The second-order valence-corrected chi connectivity index (χ2v) is 6.59. The highest BCUT2D eigenvalue weighted by atomic mass is 79.9. The zero-order chi connectivity index (χ0) is 18.0. The maximum Gasteiger partial charge on any atom is 0.319 e. The number of benzene rings is 2. The van der Waals surface area contributed by atoms with Gasteiger partial charge < -0.3 is 25.2 Å². The summed E-state index contributed by atoms with van der Waals surface area (Å²) < 4.78 is 11.1. The molecular formula is C18H19BrN2O4. The van der Waals surface area contributed by atoms with Crippen LogP contribution >= 0.6 is 15.9 Å². The van der Waals surface area contributed by atoms with E-state index in [-0.39, 0.29) is 0 Å². The van der Waals surface area contributed by atoms with Crippen LogP contribution in [0.2, 0.25) is 0 Å². The van der Waals surface area contributed by atoms with Gasteiger partial charge in [0.15, 0.2) is 11.5 Å². The first-order valence-corrected chi connectivity index (χ1v) is 8.57. The molecule has 2 atom stereocenters. The zero-order valence-electron chi connectivity index (χ0n) is 13.9. The van der Waals surface area contributed by atoms with Crippen LogP contribution in [0.5, 0.6) is 11.5 Å². The number of carbonyl (C=O) groups is 1. The van der Waals surface area contributed by atoms with E-state index >= 15 is 0 Å². The Hall–Kier alpha value is -2.25. The molecule has 0 radical (unpaired) electrons. The number of urea groups is 1. The third kappa shape index (κ3) is 3.57. The predicted octanol–water partition coefficient (Wildman–Crippen LogP) is 3.25. The first kappa shape index (κ1) is 17.6. The number of fused-ring (bicyclic) bond motifs is 1. The smallest absolute Gasteiger partial charge is 0.319 e. The number of aliphatic hydroxyl groups excluding tert-OH is 1. The third-order valence-electron chi connectivity index (χ3n) is 4.21. The number of hydrogen-bond acceptors (Lipinski definition) is 4. The molecule has 0 aromatic heterocycles. The fourth-order valence-corrected chi connectivity index (χ4v) is 3.42. The van der Waals surface area contributed by atoms with Crippen molar-refractivity contribution in [3.05, 3.63) is 52.0 Å². The summed E-state index contributed by atoms with van der Waals surface area (Å²) in [6, 6.07) is 10.2. The molecule has 25 heavy (non-hydrogen) atoms. The molecule has 132 valence electrons. The van der Waals surface area contributed by atoms with E-state index in [0.717, 1.165) is 11.1 Å². The van der Waals surface area contributed by atoms with Crippen LogP contribution in [-0.4, -0.2) is 31.5 Å². The molecule has 3 N–H and O–H groups in total. The lowest BCUT2D eigenvalue weighted by atomic mass is 10.1. The van der Waals surface area contributed by atoms with Gasteiger partial charge in [-0.05, 0) is 27.1 Å². The molecule has 0 unspecified atom stereocenters. The van der Waals surface area contributed by atoms with Crippen LogP contribution < -0.4 is 20.1 Å². The fourth-order valence-electron chi connectivity index (χ4n) is 3.00. The van der Waals surface area contributed by atoms with Crippen LogP contribution in [0.15, 0.2) is 40.9 Å². The van der Waals surface area contributed by atoms with E-state index < -0.39 is 18.2 Å². The van der Waals surface area contributed by atoms with Crippen LogP contribution in [0, 0.1) is 0 Å². The minimum Gasteiger partial charge on any atom is -0.493 e. The van der Waals surface area contributed by atoms with Gasteiger partial charge in [-0.2, -0.15) is 0 Å². The summed E-state index contributed by atoms with van der Waals surface area (Å²) in [7, 11) is 3.07. The Bertz CT molecular complexity index is 797. The van der Waals surface area contributed by atoms with Crippen molar-refractivity contribution < 1.29 is 19.4 Å². The van der Waals surface area contributed by atoms with E-state index in [1.807, 2.05) is 24.3 Å². The number of hydrogen-bond donors (Lipinski definition) is 3. The van der Waals surface area contributed by atoms with Crippen molar-refractivity contribution in [2.45, 2.75) is 18.6 Å². The summed E-state index contributed by atoms with van der Waals surface area (Å²) in [5.74, 6) is 1.06. The van der Waals surface area contributed by atoms with Crippen molar-refractivity contribution in [2.75, 3.05) is 19.5 Å². The highest BCUT2D eigenvalue weighted by molar-refractivity contribution is 9.10. The Balaban J connectivity index is 1.75. The molecule has 0 bridgehead atoms. The number of rotatable bonds is 4. The highest BCUT2D eigenvalue weighted by Crippen LogP contribution is 2.36. The van der Waals surface area contributed by atoms with Crippen molar-refractivity contribution in [2.24, 2.45) is 0 Å². The molecule has 0 fully saturated rings. The average Bonchev–Trinajstić information content (AvgIpc) is 2.92. The quantitative estimate of drug-likeness (QED) is 0.727. The molecule has 2 aromatic carbocycles. The first-order chi connectivity index (χ1) is 12.0. The van der Waals surface area contributed by atoms with Gasteiger partial charge in [0.1, 0.15) is 0 Å². The Kier molecular flexibility index (Phi) is 5.15. The molecule has 2 aromatic rings. The lowest BCUT2D eigenvalue weighted by Gasteiger charge is -2.19. The standard InChI is InChI=1S/C18H19BrN2O4/c1-24-15-8-12(19)13(9-16(15)25-2)20-18(23)21-17-11-6-4-3-5-10(11)7-14(17)22/h3-6,8-9,14,17,22H,7H2,1-2H3,(H2,20,21,23)/t14-,17+/m0/s1. The average molecular weight is 407 g/mol. The molecular weight excluding hydrogens is 388 g/mol. The molecule has 0 spiro atoms. The number of methoxy groups -OCH3 is 2. The molecule has 7 heteroatoms. The summed E-state index contributed by atoms with van der Waals surface area (Å²) in [6.45, 7) is 0. The number of ether oxygens (including phenoxy) is 2. The fraction of sp³-hybridized carbons (Fsp3) is 0.278. The molecule has 1 aliphatic rings. The molecule has 0 saturated carbocycles. The van der Waals surface area contributed by atoms with E-state index in [1.165, 1.54) is 7.11 Å². The number of aliphatic hydroxyl groups is 1. The lowest BCUT2D eigenvalue weighted by Crippen LogP contribution is -2.36. The largest absolute Gasteiger partial charge is 0.493 e. The van der Waals surface area contributed by atoms with Gasteiger partial charge in [0.05, 0.1) is 32.1 Å². The Morgan fingerprint density at radius 1 is 1.20 bits per heavy atom. The van der Waals surface area contributed by atoms with Gasteiger partial charge in [-0.15, -0.1) is 0 Å². The third-order valence-corrected chi connectivity index (χ3v) is 4.87. The molecule has 2 amide bonds. The van der Waals surface area contributed by atoms with Crippen molar-refractivity contribution in [1.82, 2.24) is 5.32 Å². The summed E-state index contributed by atoms with van der Waals surface area (Å²) in [5.41, 5.74) is 2.53. The predicted molar refractivity (Wildman–Crippen MR) is 98.3 cm³/mol. The van der Waals surface area contributed by atoms with E-state index in [2.05, 4.69) is 26.6 Å². The maximum atomic E-state index is 12.4. The van der Waals surface area contributed by atoms with Gasteiger partial charge in [0.25, 0.3) is 0 Å². The van der Waals surface area contributed by atoms with Gasteiger partial charge in [0, 0.05) is 23.0 Å². The van der Waals surface area contributed by atoms with Crippen LogP contribution in [0.1, 0.15) is 17.2 Å². The lowest BCUT2D eigenvalue weighted by molar-refractivity contribution is 0.144. The molecule has 0 saturated heterocycles. The minimum atomic E-state index is -0.642. The highest BCUT2D eigenvalue weighted by Gasteiger charge is 2.32. The number of carbonyl (C=O) groups excluding carboxylic acids is 1. The minimum absolute atomic E-state index is 0.409. The van der Waals surface area contributed by atoms with Crippen LogP contribution in [0.4, 0.5) is 10.5 Å². The van der Waals surface area contributed by atoms with E-state index in [0.29, 0.717) is 28.1 Å². The summed E-state index contributed by atoms with van der Waals surface area (Å²) >= 11 is 3.40. The van der Waals surface area contributed by atoms with Gasteiger partial charge in [-0.25, -0.2) is 4.79 Å². The van der Waals surface area contributed by atoms with Crippen LogP contribution in [0.25, 0.3) is 0 Å². The van der Waals surface area contributed by atoms with Crippen molar-refractivity contribution in [3.63, 3.8) is 0 Å². The summed E-state index contributed by atoms with van der Waals surface area (Å²) in [5, 5.41) is 15.8. The number of amides is 2. The normalized spacial score (nSPS) is 18.4. The summed E-state index contributed by atoms with van der Waals surface area (Å²) in [6.07, 6.45) is -0.113. The molecule has 3 rings (SSSR count). The SMILES string of the molecule is COc1cc(Br)c(NC(=O)N[C@@H]2c3ccccc3C[C@@H]2O)cc1OC. The molecule has 0 aliphatic heterocycles.